The van der Waals surface area contributed by atoms with E-state index in [0.717, 1.165) is 12.0 Å². The molecule has 1 aliphatic rings. The number of aryl methyl sites for hydroxylation is 1. The fourth-order valence-electron chi connectivity index (χ4n) is 3.70. The number of benzene rings is 2. The van der Waals surface area contributed by atoms with E-state index in [9.17, 15) is 14.0 Å². The van der Waals surface area contributed by atoms with Crippen molar-refractivity contribution < 1.29 is 9.18 Å². The van der Waals surface area contributed by atoms with Crippen molar-refractivity contribution in [3.05, 3.63) is 75.6 Å². The lowest BCUT2D eigenvalue weighted by Gasteiger charge is -2.14. The van der Waals surface area contributed by atoms with Crippen LogP contribution in [0.15, 0.2) is 47.3 Å². The van der Waals surface area contributed by atoms with Gasteiger partial charge < -0.3 is 10.3 Å². The summed E-state index contributed by atoms with van der Waals surface area (Å²) in [6, 6.07) is 12.1. The van der Waals surface area contributed by atoms with Crippen LogP contribution < -0.4 is 10.9 Å². The number of amides is 1. The third-order valence-corrected chi connectivity index (χ3v) is 5.03. The minimum atomic E-state index is -0.199. The molecule has 0 spiro atoms. The van der Waals surface area contributed by atoms with Gasteiger partial charge in [-0.25, -0.2) is 9.37 Å². The molecule has 3 aromatic rings. The number of aromatic amines is 1. The molecular formula is C21H20FN3O2. The standard InChI is InChI=1S/C21H20FN3O2/c22-16-7-3-6-14-13(16)11-12-18(14)24-20(26)10-4-9-19-23-17-8-2-1-5-15(17)21(27)25-19/h1-3,5-8,18H,4,9-12H2,(H,24,26)(H,23,25,27). The lowest BCUT2D eigenvalue weighted by molar-refractivity contribution is -0.121. The number of carbonyl (C=O) groups excluding carboxylic acids is 1. The van der Waals surface area contributed by atoms with E-state index in [1.807, 2.05) is 12.1 Å². The van der Waals surface area contributed by atoms with E-state index >= 15 is 0 Å². The maximum absolute atomic E-state index is 13.8. The van der Waals surface area contributed by atoms with Gasteiger partial charge in [-0.15, -0.1) is 0 Å². The summed E-state index contributed by atoms with van der Waals surface area (Å²) in [5, 5.41) is 3.55. The number of rotatable bonds is 5. The van der Waals surface area contributed by atoms with Crippen molar-refractivity contribution in [3.8, 4) is 0 Å². The van der Waals surface area contributed by atoms with E-state index in [1.54, 1.807) is 24.3 Å². The molecule has 0 saturated heterocycles. The Morgan fingerprint density at radius 3 is 2.96 bits per heavy atom. The van der Waals surface area contributed by atoms with E-state index in [4.69, 9.17) is 0 Å². The van der Waals surface area contributed by atoms with Crippen LogP contribution in [0.25, 0.3) is 10.9 Å². The van der Waals surface area contributed by atoms with Gasteiger partial charge in [0.05, 0.1) is 16.9 Å². The fourth-order valence-corrected chi connectivity index (χ4v) is 3.70. The highest BCUT2D eigenvalue weighted by Crippen LogP contribution is 2.32. The predicted octanol–water partition coefficient (Wildman–Crippen LogP) is 3.19. The van der Waals surface area contributed by atoms with Gasteiger partial charge >= 0.3 is 0 Å². The Morgan fingerprint density at radius 1 is 1.22 bits per heavy atom. The minimum Gasteiger partial charge on any atom is -0.349 e. The Labute approximate surface area is 155 Å². The molecule has 6 heteroatoms. The monoisotopic (exact) mass is 365 g/mol. The molecule has 0 radical (unpaired) electrons. The van der Waals surface area contributed by atoms with Gasteiger partial charge in [0, 0.05) is 12.8 Å². The first-order valence-electron chi connectivity index (χ1n) is 9.16. The summed E-state index contributed by atoms with van der Waals surface area (Å²) in [5.41, 5.74) is 2.08. The van der Waals surface area contributed by atoms with Crippen molar-refractivity contribution in [3.63, 3.8) is 0 Å². The van der Waals surface area contributed by atoms with Crippen LogP contribution in [-0.4, -0.2) is 15.9 Å². The number of halogens is 1. The highest BCUT2D eigenvalue weighted by atomic mass is 19.1. The molecule has 1 atom stereocenters. The number of H-pyrrole nitrogens is 1. The number of para-hydroxylation sites is 1. The number of aromatic nitrogens is 2. The van der Waals surface area contributed by atoms with E-state index in [1.165, 1.54) is 6.07 Å². The van der Waals surface area contributed by atoms with E-state index < -0.39 is 0 Å². The SMILES string of the molecule is O=C(CCCc1nc2ccccc2c(=O)[nH]1)NC1CCc2c(F)cccc21. The average molecular weight is 365 g/mol. The Kier molecular flexibility index (Phi) is 4.71. The Hall–Kier alpha value is -3.02. The highest BCUT2D eigenvalue weighted by molar-refractivity contribution is 5.77. The molecule has 1 heterocycles. The molecule has 1 aromatic heterocycles. The van der Waals surface area contributed by atoms with E-state index in [-0.39, 0.29) is 23.3 Å². The van der Waals surface area contributed by atoms with E-state index in [0.29, 0.717) is 48.0 Å². The Balaban J connectivity index is 1.35. The lowest BCUT2D eigenvalue weighted by Crippen LogP contribution is -2.27. The van der Waals surface area contributed by atoms with Gasteiger partial charge in [0.25, 0.3) is 5.56 Å². The molecule has 2 aromatic carbocycles. The first-order chi connectivity index (χ1) is 13.1. The van der Waals surface area contributed by atoms with Crippen molar-refractivity contribution in [2.45, 2.75) is 38.1 Å². The molecule has 1 aliphatic carbocycles. The van der Waals surface area contributed by atoms with Crippen molar-refractivity contribution in [2.75, 3.05) is 0 Å². The van der Waals surface area contributed by atoms with Crippen molar-refractivity contribution >= 4 is 16.8 Å². The number of nitrogens with one attached hydrogen (secondary N) is 2. The van der Waals surface area contributed by atoms with Crippen LogP contribution in [0, 0.1) is 5.82 Å². The van der Waals surface area contributed by atoms with Crippen LogP contribution in [0.3, 0.4) is 0 Å². The molecule has 1 unspecified atom stereocenters. The van der Waals surface area contributed by atoms with Crippen molar-refractivity contribution in [2.24, 2.45) is 0 Å². The number of hydrogen-bond acceptors (Lipinski definition) is 3. The van der Waals surface area contributed by atoms with Gasteiger partial charge in [0.2, 0.25) is 5.91 Å². The summed E-state index contributed by atoms with van der Waals surface area (Å²) < 4.78 is 13.8. The second-order valence-electron chi connectivity index (χ2n) is 6.85. The number of hydrogen-bond donors (Lipinski definition) is 2. The zero-order valence-corrected chi connectivity index (χ0v) is 14.8. The second-order valence-corrected chi connectivity index (χ2v) is 6.85. The maximum atomic E-state index is 13.8. The topological polar surface area (TPSA) is 74.8 Å². The molecule has 4 rings (SSSR count). The fraction of sp³-hybridized carbons (Fsp3) is 0.286. The summed E-state index contributed by atoms with van der Waals surface area (Å²) in [6.45, 7) is 0. The third kappa shape index (κ3) is 3.60. The van der Waals surface area contributed by atoms with Crippen LogP contribution >= 0.6 is 0 Å². The molecule has 0 bridgehead atoms. The molecule has 0 fully saturated rings. The first-order valence-corrected chi connectivity index (χ1v) is 9.16. The quantitative estimate of drug-likeness (QED) is 0.729. The van der Waals surface area contributed by atoms with Gasteiger partial charge in [-0.2, -0.15) is 0 Å². The molecule has 2 N–H and O–H groups in total. The van der Waals surface area contributed by atoms with Crippen molar-refractivity contribution in [1.82, 2.24) is 15.3 Å². The van der Waals surface area contributed by atoms with Gasteiger partial charge in [0.15, 0.2) is 0 Å². The summed E-state index contributed by atoms with van der Waals surface area (Å²) in [7, 11) is 0. The predicted molar refractivity (Wildman–Crippen MR) is 101 cm³/mol. The lowest BCUT2D eigenvalue weighted by atomic mass is 10.1. The van der Waals surface area contributed by atoms with Crippen LogP contribution in [0.5, 0.6) is 0 Å². The van der Waals surface area contributed by atoms with Gasteiger partial charge in [0.1, 0.15) is 11.6 Å². The number of nitrogens with zero attached hydrogens (tertiary/aromatic N) is 1. The largest absolute Gasteiger partial charge is 0.349 e. The smallest absolute Gasteiger partial charge is 0.258 e. The summed E-state index contributed by atoms with van der Waals surface area (Å²) in [4.78, 5) is 31.6. The molecule has 138 valence electrons. The van der Waals surface area contributed by atoms with Gasteiger partial charge in [-0.1, -0.05) is 24.3 Å². The zero-order valence-electron chi connectivity index (χ0n) is 14.8. The second kappa shape index (κ2) is 7.31. The molecule has 27 heavy (non-hydrogen) atoms. The number of carbonyl (C=O) groups is 1. The summed E-state index contributed by atoms with van der Waals surface area (Å²) in [5.74, 6) is 0.315. The van der Waals surface area contributed by atoms with Crippen molar-refractivity contribution in [1.29, 1.82) is 0 Å². The maximum Gasteiger partial charge on any atom is 0.258 e. The molecule has 0 saturated carbocycles. The van der Waals surface area contributed by atoms with Crippen LogP contribution in [0.4, 0.5) is 4.39 Å². The van der Waals surface area contributed by atoms with E-state index in [2.05, 4.69) is 15.3 Å². The highest BCUT2D eigenvalue weighted by Gasteiger charge is 2.25. The van der Waals surface area contributed by atoms with Crippen LogP contribution in [-0.2, 0) is 17.6 Å². The van der Waals surface area contributed by atoms with Crippen LogP contribution in [0.1, 0.15) is 42.3 Å². The average Bonchev–Trinajstić information content (AvgIpc) is 3.06. The zero-order chi connectivity index (χ0) is 18.8. The van der Waals surface area contributed by atoms with Crippen LogP contribution in [0.2, 0.25) is 0 Å². The Bertz CT molecular complexity index is 1060. The minimum absolute atomic E-state index is 0.0692. The summed E-state index contributed by atoms with van der Waals surface area (Å²) >= 11 is 0. The molecular weight excluding hydrogens is 345 g/mol. The molecule has 0 aliphatic heterocycles. The Morgan fingerprint density at radius 2 is 2.07 bits per heavy atom. The summed E-state index contributed by atoms with van der Waals surface area (Å²) in [6.07, 6.45) is 2.80. The first kappa shape index (κ1) is 17.4. The normalized spacial score (nSPS) is 15.7. The molecule has 1 amide bonds. The molecule has 5 nitrogen and oxygen atoms in total. The van der Waals surface area contributed by atoms with Gasteiger partial charge in [-0.3, -0.25) is 9.59 Å². The van der Waals surface area contributed by atoms with Gasteiger partial charge in [-0.05, 0) is 48.6 Å². The third-order valence-electron chi connectivity index (χ3n) is 5.03. The number of fused-ring (bicyclic) bond motifs is 2.